The minimum atomic E-state index is -0.340. The lowest BCUT2D eigenvalue weighted by atomic mass is 9.85. The highest BCUT2D eigenvalue weighted by Gasteiger charge is 2.49. The number of aliphatic hydroxyl groups is 1. The second kappa shape index (κ2) is 7.28. The van der Waals surface area contributed by atoms with Gasteiger partial charge in [-0.15, -0.1) is 6.58 Å². The van der Waals surface area contributed by atoms with Gasteiger partial charge < -0.3 is 14.6 Å². The second-order valence-electron chi connectivity index (χ2n) is 6.59. The van der Waals surface area contributed by atoms with Gasteiger partial charge in [0, 0.05) is 28.8 Å². The van der Waals surface area contributed by atoms with E-state index in [9.17, 15) is 9.90 Å². The first-order valence-electron chi connectivity index (χ1n) is 8.40. The number of rotatable bonds is 6. The summed E-state index contributed by atoms with van der Waals surface area (Å²) in [5.41, 5.74) is 2.29. The minimum absolute atomic E-state index is 0.0357. The first-order valence-corrected chi connectivity index (χ1v) is 9.19. The van der Waals surface area contributed by atoms with E-state index in [2.05, 4.69) is 34.6 Å². The summed E-state index contributed by atoms with van der Waals surface area (Å²) in [6.45, 7) is 3.82. The lowest BCUT2D eigenvalue weighted by Crippen LogP contribution is -2.17. The van der Waals surface area contributed by atoms with Crippen molar-refractivity contribution in [1.82, 2.24) is 0 Å². The van der Waals surface area contributed by atoms with E-state index in [0.717, 1.165) is 35.0 Å². The molecule has 130 valence electrons. The molecule has 2 unspecified atom stereocenters. The Morgan fingerprint density at radius 2 is 2.33 bits per heavy atom. The number of hydrogen-bond acceptors (Lipinski definition) is 4. The molecule has 1 aliphatic carbocycles. The van der Waals surface area contributed by atoms with Gasteiger partial charge in [0.15, 0.2) is 0 Å². The van der Waals surface area contributed by atoms with Crippen molar-refractivity contribution in [2.75, 3.05) is 7.11 Å². The van der Waals surface area contributed by atoms with Gasteiger partial charge in [-0.2, -0.15) is 0 Å². The number of benzene rings is 1. The van der Waals surface area contributed by atoms with Gasteiger partial charge in [-0.3, -0.25) is 4.79 Å². The maximum Gasteiger partial charge on any atom is 0.305 e. The van der Waals surface area contributed by atoms with Crippen molar-refractivity contribution in [3.8, 4) is 5.75 Å². The van der Waals surface area contributed by atoms with Gasteiger partial charge in [-0.25, -0.2) is 0 Å². The van der Waals surface area contributed by atoms with Crippen molar-refractivity contribution in [3.63, 3.8) is 0 Å². The summed E-state index contributed by atoms with van der Waals surface area (Å²) in [7, 11) is 1.41. The Labute approximate surface area is 151 Å². The molecule has 1 fully saturated rings. The lowest BCUT2D eigenvalue weighted by molar-refractivity contribution is -0.140. The Balaban J connectivity index is 1.84. The SMILES string of the molecule is C=CC[C@@H]1C2c3cc(Br)cc(CCCC(=O)OC)c3OC2C[C@H]1O. The zero-order valence-corrected chi connectivity index (χ0v) is 15.4. The van der Waals surface area contributed by atoms with Gasteiger partial charge >= 0.3 is 5.97 Å². The summed E-state index contributed by atoms with van der Waals surface area (Å²) in [5.74, 6) is 1.13. The van der Waals surface area contributed by atoms with Crippen LogP contribution in [0, 0.1) is 5.92 Å². The Morgan fingerprint density at radius 1 is 1.54 bits per heavy atom. The molecule has 1 aromatic rings. The lowest BCUT2D eigenvalue weighted by Gasteiger charge is -2.19. The van der Waals surface area contributed by atoms with Crippen molar-refractivity contribution in [2.45, 2.75) is 50.2 Å². The van der Waals surface area contributed by atoms with Crippen LogP contribution in [-0.4, -0.2) is 30.4 Å². The van der Waals surface area contributed by atoms with E-state index in [1.165, 1.54) is 12.7 Å². The molecule has 0 saturated heterocycles. The second-order valence-corrected chi connectivity index (χ2v) is 7.50. The van der Waals surface area contributed by atoms with E-state index in [0.29, 0.717) is 12.8 Å². The Bertz CT molecular complexity index is 642. The van der Waals surface area contributed by atoms with Crippen molar-refractivity contribution >= 4 is 21.9 Å². The molecule has 0 amide bonds. The molecule has 4 nitrogen and oxygen atoms in total. The molecule has 0 aromatic heterocycles. The molecule has 1 saturated carbocycles. The number of ether oxygens (including phenoxy) is 2. The Kier molecular flexibility index (Phi) is 5.30. The van der Waals surface area contributed by atoms with Crippen molar-refractivity contribution in [3.05, 3.63) is 40.4 Å². The number of carbonyl (C=O) groups is 1. The molecular formula is C19H23BrO4. The monoisotopic (exact) mass is 394 g/mol. The summed E-state index contributed by atoms with van der Waals surface area (Å²) < 4.78 is 11.9. The molecule has 5 heteroatoms. The van der Waals surface area contributed by atoms with Gasteiger partial charge in [0.25, 0.3) is 0 Å². The number of carbonyl (C=O) groups excluding carboxylic acids is 1. The number of fused-ring (bicyclic) bond motifs is 3. The van der Waals surface area contributed by atoms with Gasteiger partial charge in [0.1, 0.15) is 11.9 Å². The van der Waals surface area contributed by atoms with Crippen LogP contribution in [0.3, 0.4) is 0 Å². The number of aryl methyl sites for hydroxylation is 1. The van der Waals surface area contributed by atoms with E-state index in [-0.39, 0.29) is 30.0 Å². The molecule has 1 heterocycles. The summed E-state index contributed by atoms with van der Waals surface area (Å²) in [5, 5.41) is 10.3. The molecule has 2 aliphatic rings. The average molecular weight is 395 g/mol. The number of esters is 1. The van der Waals surface area contributed by atoms with Crippen LogP contribution < -0.4 is 4.74 Å². The summed E-state index contributed by atoms with van der Waals surface area (Å²) in [6, 6.07) is 4.17. The van der Waals surface area contributed by atoms with Gasteiger partial charge in [-0.1, -0.05) is 22.0 Å². The predicted octanol–water partition coefficient (Wildman–Crippen LogP) is 3.75. The van der Waals surface area contributed by atoms with E-state index >= 15 is 0 Å². The number of methoxy groups -OCH3 is 1. The highest BCUT2D eigenvalue weighted by molar-refractivity contribution is 9.10. The van der Waals surface area contributed by atoms with Crippen LogP contribution in [0.15, 0.2) is 29.3 Å². The zero-order chi connectivity index (χ0) is 17.3. The van der Waals surface area contributed by atoms with Gasteiger partial charge in [0.05, 0.1) is 13.2 Å². The quantitative estimate of drug-likeness (QED) is 0.589. The fourth-order valence-corrected chi connectivity index (χ4v) is 4.57. The van der Waals surface area contributed by atoms with Crippen LogP contribution in [-0.2, 0) is 16.0 Å². The van der Waals surface area contributed by atoms with Crippen LogP contribution in [0.2, 0.25) is 0 Å². The first kappa shape index (κ1) is 17.5. The predicted molar refractivity (Wildman–Crippen MR) is 95.2 cm³/mol. The van der Waals surface area contributed by atoms with E-state index < -0.39 is 0 Å². The molecule has 1 aromatic carbocycles. The maximum absolute atomic E-state index is 11.3. The topological polar surface area (TPSA) is 55.8 Å². The molecular weight excluding hydrogens is 372 g/mol. The van der Waals surface area contributed by atoms with Crippen molar-refractivity contribution < 1.29 is 19.4 Å². The molecule has 3 rings (SSSR count). The summed E-state index contributed by atoms with van der Waals surface area (Å²) in [6.07, 6.45) is 4.93. The van der Waals surface area contributed by atoms with E-state index in [1.54, 1.807) is 0 Å². The van der Waals surface area contributed by atoms with Crippen molar-refractivity contribution in [1.29, 1.82) is 0 Å². The van der Waals surface area contributed by atoms with Crippen molar-refractivity contribution in [2.24, 2.45) is 5.92 Å². The number of hydrogen-bond donors (Lipinski definition) is 1. The van der Waals surface area contributed by atoms with Crippen LogP contribution >= 0.6 is 15.9 Å². The first-order chi connectivity index (χ1) is 11.5. The van der Waals surface area contributed by atoms with E-state index in [4.69, 9.17) is 9.47 Å². The number of aliphatic hydroxyl groups excluding tert-OH is 1. The highest BCUT2D eigenvalue weighted by atomic mass is 79.9. The van der Waals surface area contributed by atoms with E-state index in [1.807, 2.05) is 6.08 Å². The van der Waals surface area contributed by atoms with Gasteiger partial charge in [-0.05, 0) is 42.9 Å². The fourth-order valence-electron chi connectivity index (χ4n) is 4.05. The summed E-state index contributed by atoms with van der Waals surface area (Å²) >= 11 is 3.59. The summed E-state index contributed by atoms with van der Waals surface area (Å²) in [4.78, 5) is 11.3. The molecule has 24 heavy (non-hydrogen) atoms. The normalized spacial score (nSPS) is 27.3. The standard InChI is InChI=1S/C19H23BrO4/c1-3-5-13-15(21)10-16-18(13)14-9-12(20)8-11(19(14)24-16)6-4-7-17(22)23-2/h3,8-9,13,15-16,18,21H,1,4-7,10H2,2H3/t13-,15+,16?,18?/m0/s1. The van der Waals surface area contributed by atoms with Crippen LogP contribution in [0.25, 0.3) is 0 Å². The minimum Gasteiger partial charge on any atom is -0.489 e. The Hall–Kier alpha value is -1.33. The third-order valence-electron chi connectivity index (χ3n) is 5.11. The van der Waals surface area contributed by atoms with Crippen LogP contribution in [0.5, 0.6) is 5.75 Å². The number of halogens is 1. The third-order valence-corrected chi connectivity index (χ3v) is 5.57. The number of allylic oxidation sites excluding steroid dienone is 1. The average Bonchev–Trinajstić information content (AvgIpc) is 3.04. The Morgan fingerprint density at radius 3 is 3.04 bits per heavy atom. The highest BCUT2D eigenvalue weighted by Crippen LogP contribution is 2.53. The molecule has 1 aliphatic heterocycles. The maximum atomic E-state index is 11.3. The molecule has 0 bridgehead atoms. The van der Waals surface area contributed by atoms with Crippen LogP contribution in [0.1, 0.15) is 42.7 Å². The fraction of sp³-hybridized carbons (Fsp3) is 0.526. The molecule has 1 N–H and O–H groups in total. The van der Waals surface area contributed by atoms with Gasteiger partial charge in [0.2, 0.25) is 0 Å². The molecule has 0 spiro atoms. The zero-order valence-electron chi connectivity index (χ0n) is 13.8. The molecule has 4 atom stereocenters. The third kappa shape index (κ3) is 3.24. The molecule has 0 radical (unpaired) electrons. The van der Waals surface area contributed by atoms with Crippen LogP contribution in [0.4, 0.5) is 0 Å². The largest absolute Gasteiger partial charge is 0.489 e. The smallest absolute Gasteiger partial charge is 0.305 e.